The van der Waals surface area contributed by atoms with Crippen molar-refractivity contribution in [2.45, 2.75) is 13.1 Å². The van der Waals surface area contributed by atoms with Crippen molar-refractivity contribution in [1.82, 2.24) is 20.1 Å². The van der Waals surface area contributed by atoms with Gasteiger partial charge in [-0.15, -0.1) is 0 Å². The van der Waals surface area contributed by atoms with Crippen LogP contribution in [0.3, 0.4) is 0 Å². The van der Waals surface area contributed by atoms with Crippen molar-refractivity contribution in [3.8, 4) is 28.8 Å². The maximum absolute atomic E-state index is 12.8. The Balaban J connectivity index is 1.69. The highest BCUT2D eigenvalue weighted by molar-refractivity contribution is 6.30. The number of carbonyl (C=O) groups is 1. The van der Waals surface area contributed by atoms with E-state index < -0.39 is 5.91 Å². The largest absolute Gasteiger partial charge is 0.493 e. The fraction of sp³-hybridized carbons (Fsp3) is 0.143. The van der Waals surface area contributed by atoms with Gasteiger partial charge in [-0.1, -0.05) is 29.8 Å². The Morgan fingerprint density at radius 1 is 1.11 bits per heavy atom. The summed E-state index contributed by atoms with van der Waals surface area (Å²) in [5, 5.41) is 17.9. The van der Waals surface area contributed by atoms with Crippen LogP contribution >= 0.6 is 11.6 Å². The lowest BCUT2D eigenvalue weighted by Crippen LogP contribution is -2.24. The second-order valence-electron chi connectivity index (χ2n) is 8.04. The minimum Gasteiger partial charge on any atom is -0.493 e. The fourth-order valence-electron chi connectivity index (χ4n) is 3.69. The summed E-state index contributed by atoms with van der Waals surface area (Å²) in [4.78, 5) is 16.9. The summed E-state index contributed by atoms with van der Waals surface area (Å²) in [6.07, 6.45) is 6.65. The molecule has 0 saturated carbocycles. The number of nitrogens with one attached hydrogen (secondary N) is 1. The first-order chi connectivity index (χ1) is 18.0. The Morgan fingerprint density at radius 2 is 1.89 bits per heavy atom. The number of halogens is 1. The second-order valence-corrected chi connectivity index (χ2v) is 8.48. The molecule has 0 fully saturated rings. The molecule has 0 spiro atoms. The van der Waals surface area contributed by atoms with Crippen LogP contribution in [0.5, 0.6) is 11.5 Å². The van der Waals surface area contributed by atoms with Crippen LogP contribution in [-0.4, -0.2) is 34.9 Å². The van der Waals surface area contributed by atoms with Crippen molar-refractivity contribution in [2.75, 3.05) is 14.2 Å². The standard InChI is InChI=1S/C28H24ClN5O3/c1-36-25-10-7-21(13-26(25)37-2)27-23(18-34(33-27)17-19-5-8-24(29)9-6-19)12-22(14-30)28(35)32-16-20-4-3-11-31-15-20/h3-13,15,18H,16-17H2,1-2H3,(H,32,35). The molecule has 0 aliphatic carbocycles. The molecule has 37 heavy (non-hydrogen) atoms. The van der Waals surface area contributed by atoms with Gasteiger partial charge in [0.05, 0.1) is 26.5 Å². The molecule has 4 aromatic rings. The number of nitrogens with zero attached hydrogens (tertiary/aromatic N) is 4. The smallest absolute Gasteiger partial charge is 0.262 e. The number of benzene rings is 2. The molecule has 0 bridgehead atoms. The summed E-state index contributed by atoms with van der Waals surface area (Å²) in [7, 11) is 3.12. The molecule has 2 aromatic heterocycles. The lowest BCUT2D eigenvalue weighted by atomic mass is 10.1. The highest BCUT2D eigenvalue weighted by Crippen LogP contribution is 2.33. The van der Waals surface area contributed by atoms with E-state index in [0.29, 0.717) is 34.3 Å². The summed E-state index contributed by atoms with van der Waals surface area (Å²) >= 11 is 6.02. The first-order valence-corrected chi connectivity index (χ1v) is 11.7. The van der Waals surface area contributed by atoms with Gasteiger partial charge in [-0.25, -0.2) is 0 Å². The zero-order valence-electron chi connectivity index (χ0n) is 20.3. The summed E-state index contributed by atoms with van der Waals surface area (Å²) in [5.41, 5.74) is 3.71. The SMILES string of the molecule is COc1ccc(-c2nn(Cc3ccc(Cl)cc3)cc2C=C(C#N)C(=O)NCc2cccnc2)cc1OC. The average Bonchev–Trinajstić information content (AvgIpc) is 3.33. The number of aromatic nitrogens is 3. The highest BCUT2D eigenvalue weighted by Gasteiger charge is 2.16. The number of methoxy groups -OCH3 is 2. The van der Waals surface area contributed by atoms with E-state index >= 15 is 0 Å². The molecule has 0 saturated heterocycles. The number of rotatable bonds is 9. The monoisotopic (exact) mass is 513 g/mol. The molecule has 2 aromatic carbocycles. The zero-order chi connectivity index (χ0) is 26.2. The number of carbonyl (C=O) groups excluding carboxylic acids is 1. The van der Waals surface area contributed by atoms with Gasteiger partial charge in [-0.3, -0.25) is 14.5 Å². The summed E-state index contributed by atoms with van der Waals surface area (Å²) in [6.45, 7) is 0.727. The van der Waals surface area contributed by atoms with Gasteiger partial charge < -0.3 is 14.8 Å². The van der Waals surface area contributed by atoms with E-state index in [4.69, 9.17) is 26.2 Å². The van der Waals surface area contributed by atoms with Crippen LogP contribution in [0.4, 0.5) is 0 Å². The normalized spacial score (nSPS) is 11.0. The molecule has 186 valence electrons. The van der Waals surface area contributed by atoms with Crippen molar-refractivity contribution in [3.63, 3.8) is 0 Å². The number of pyridine rings is 1. The number of hydrogen-bond acceptors (Lipinski definition) is 6. The van der Waals surface area contributed by atoms with Crippen molar-refractivity contribution in [2.24, 2.45) is 0 Å². The average molecular weight is 514 g/mol. The van der Waals surface area contributed by atoms with Crippen LogP contribution in [0.25, 0.3) is 17.3 Å². The first kappa shape index (κ1) is 25.5. The minimum atomic E-state index is -0.491. The van der Waals surface area contributed by atoms with Crippen LogP contribution < -0.4 is 14.8 Å². The third-order valence-corrected chi connectivity index (χ3v) is 5.80. The molecule has 1 N–H and O–H groups in total. The molecule has 0 radical (unpaired) electrons. The van der Waals surface area contributed by atoms with Crippen molar-refractivity contribution < 1.29 is 14.3 Å². The molecule has 0 unspecified atom stereocenters. The Bertz CT molecular complexity index is 1460. The number of hydrogen-bond donors (Lipinski definition) is 1. The lowest BCUT2D eigenvalue weighted by Gasteiger charge is -2.09. The summed E-state index contributed by atoms with van der Waals surface area (Å²) in [6, 6.07) is 18.5. The topological polar surface area (TPSA) is 102 Å². The van der Waals surface area contributed by atoms with Gasteiger partial charge in [0.1, 0.15) is 11.6 Å². The van der Waals surface area contributed by atoms with Crippen molar-refractivity contribution in [3.05, 3.63) is 100 Å². The van der Waals surface area contributed by atoms with Crippen LogP contribution in [0.1, 0.15) is 16.7 Å². The van der Waals surface area contributed by atoms with E-state index in [1.54, 1.807) is 55.7 Å². The second kappa shape index (κ2) is 11.9. The van der Waals surface area contributed by atoms with Gasteiger partial charge in [0.2, 0.25) is 0 Å². The van der Waals surface area contributed by atoms with E-state index in [0.717, 1.165) is 16.7 Å². The zero-order valence-corrected chi connectivity index (χ0v) is 21.1. The Labute approximate surface area is 219 Å². The van der Waals surface area contributed by atoms with E-state index in [1.165, 1.54) is 6.08 Å². The predicted octanol–water partition coefficient (Wildman–Crippen LogP) is 4.89. The molecule has 1 amide bonds. The first-order valence-electron chi connectivity index (χ1n) is 11.3. The van der Waals surface area contributed by atoms with Crippen LogP contribution in [0.2, 0.25) is 5.02 Å². The molecule has 0 aliphatic heterocycles. The molecule has 8 nitrogen and oxygen atoms in total. The van der Waals surface area contributed by atoms with Crippen LogP contribution in [0.15, 0.2) is 78.8 Å². The Morgan fingerprint density at radius 3 is 2.57 bits per heavy atom. The summed E-state index contributed by atoms with van der Waals surface area (Å²) in [5.74, 6) is 0.628. The highest BCUT2D eigenvalue weighted by atomic mass is 35.5. The van der Waals surface area contributed by atoms with Crippen molar-refractivity contribution in [1.29, 1.82) is 5.26 Å². The third kappa shape index (κ3) is 6.34. The maximum atomic E-state index is 12.8. The third-order valence-electron chi connectivity index (χ3n) is 5.55. The minimum absolute atomic E-state index is 0.0448. The van der Waals surface area contributed by atoms with Gasteiger partial charge >= 0.3 is 0 Å². The molecule has 4 rings (SSSR count). The maximum Gasteiger partial charge on any atom is 0.262 e. The number of nitriles is 1. The molecular formula is C28H24ClN5O3. The van der Waals surface area contributed by atoms with E-state index in [2.05, 4.69) is 10.3 Å². The molecule has 2 heterocycles. The molecule has 0 atom stereocenters. The van der Waals surface area contributed by atoms with Crippen LogP contribution in [-0.2, 0) is 17.9 Å². The molecule has 9 heteroatoms. The van der Waals surface area contributed by atoms with E-state index in [-0.39, 0.29) is 12.1 Å². The van der Waals surface area contributed by atoms with Crippen LogP contribution in [0, 0.1) is 11.3 Å². The Kier molecular flexibility index (Phi) is 8.18. The van der Waals surface area contributed by atoms with Gasteiger partial charge in [0.15, 0.2) is 11.5 Å². The van der Waals surface area contributed by atoms with Gasteiger partial charge in [0, 0.05) is 41.3 Å². The van der Waals surface area contributed by atoms with Gasteiger partial charge in [-0.05, 0) is 53.6 Å². The number of ether oxygens (including phenoxy) is 2. The van der Waals surface area contributed by atoms with E-state index in [9.17, 15) is 10.1 Å². The quantitative estimate of drug-likeness (QED) is 0.252. The lowest BCUT2D eigenvalue weighted by molar-refractivity contribution is -0.117. The number of amides is 1. The van der Waals surface area contributed by atoms with Gasteiger partial charge in [-0.2, -0.15) is 10.4 Å². The predicted molar refractivity (Wildman–Crippen MR) is 141 cm³/mol. The fourth-order valence-corrected chi connectivity index (χ4v) is 3.82. The van der Waals surface area contributed by atoms with E-state index in [1.807, 2.05) is 42.5 Å². The van der Waals surface area contributed by atoms with Crippen molar-refractivity contribution >= 4 is 23.6 Å². The molecule has 0 aliphatic rings. The van der Waals surface area contributed by atoms with Gasteiger partial charge in [0.25, 0.3) is 5.91 Å². The Hall–Kier alpha value is -4.61. The summed E-state index contributed by atoms with van der Waals surface area (Å²) < 4.78 is 12.6. The molecular weight excluding hydrogens is 490 g/mol.